The van der Waals surface area contributed by atoms with Crippen LogP contribution >= 0.6 is 11.3 Å². The Hall–Kier alpha value is -2.78. The third-order valence-electron chi connectivity index (χ3n) is 4.29. The highest BCUT2D eigenvalue weighted by molar-refractivity contribution is 7.89. The predicted molar refractivity (Wildman–Crippen MR) is 111 cm³/mol. The molecule has 0 spiro atoms. The molecule has 144 valence electrons. The van der Waals surface area contributed by atoms with E-state index in [1.807, 2.05) is 43.3 Å². The quantitative estimate of drug-likeness (QED) is 0.541. The fraction of sp³-hybridized carbons (Fsp3) is 0.211. The molecule has 28 heavy (non-hydrogen) atoms. The number of nitrogens with zero attached hydrogens (tertiary/aromatic N) is 3. The van der Waals surface area contributed by atoms with E-state index in [1.165, 1.54) is 11.3 Å². The molecule has 0 saturated heterocycles. The van der Waals surface area contributed by atoms with Crippen molar-refractivity contribution in [2.24, 2.45) is 0 Å². The highest BCUT2D eigenvalue weighted by Crippen LogP contribution is 2.28. The first-order chi connectivity index (χ1) is 13.3. The van der Waals surface area contributed by atoms with E-state index in [1.54, 1.807) is 10.6 Å². The van der Waals surface area contributed by atoms with Crippen LogP contribution < -0.4 is 5.32 Å². The minimum Gasteiger partial charge on any atom is -0.318 e. The number of aromatic nitrogens is 3. The maximum absolute atomic E-state index is 12.7. The zero-order valence-corrected chi connectivity index (χ0v) is 17.0. The normalized spacial score (nSPS) is 11.9. The van der Waals surface area contributed by atoms with Crippen LogP contribution in [0.15, 0.2) is 42.5 Å². The monoisotopic (exact) mass is 414 g/mol. The van der Waals surface area contributed by atoms with Gasteiger partial charge in [-0.3, -0.25) is 4.79 Å². The Morgan fingerprint density at radius 3 is 2.68 bits per heavy atom. The van der Waals surface area contributed by atoms with Gasteiger partial charge in [0.25, 0.3) is 0 Å². The number of hydrogen-bond donors (Lipinski definition) is 1. The van der Waals surface area contributed by atoms with Crippen molar-refractivity contribution in [2.45, 2.75) is 19.2 Å². The highest BCUT2D eigenvalue weighted by atomic mass is 32.2. The van der Waals surface area contributed by atoms with Gasteiger partial charge in [0, 0.05) is 6.26 Å². The molecule has 2 aromatic heterocycles. The van der Waals surface area contributed by atoms with Gasteiger partial charge >= 0.3 is 0 Å². The highest BCUT2D eigenvalue weighted by Gasteiger charge is 2.18. The van der Waals surface area contributed by atoms with Crippen molar-refractivity contribution in [3.05, 3.63) is 53.9 Å². The molecule has 2 heterocycles. The van der Waals surface area contributed by atoms with E-state index in [0.717, 1.165) is 27.6 Å². The Bertz CT molecular complexity index is 1310. The lowest BCUT2D eigenvalue weighted by molar-refractivity contribution is -0.116. The lowest BCUT2D eigenvalue weighted by atomic mass is 10.2. The molecule has 2 aromatic carbocycles. The van der Waals surface area contributed by atoms with Crippen LogP contribution in [0.1, 0.15) is 11.4 Å². The number of hydrogen-bond acceptors (Lipinski definition) is 6. The van der Waals surface area contributed by atoms with Crippen LogP contribution in [0.5, 0.6) is 0 Å². The van der Waals surface area contributed by atoms with Crippen LogP contribution in [0.4, 0.5) is 5.13 Å². The van der Waals surface area contributed by atoms with Gasteiger partial charge in [-0.05, 0) is 30.7 Å². The van der Waals surface area contributed by atoms with Crippen molar-refractivity contribution in [3.8, 4) is 0 Å². The fourth-order valence-electron chi connectivity index (χ4n) is 3.09. The molecule has 0 unspecified atom stereocenters. The number of thiazole rings is 1. The summed E-state index contributed by atoms with van der Waals surface area (Å²) < 4.78 is 26.2. The number of carbonyl (C=O) groups excluding carboxylic acids is 1. The summed E-state index contributed by atoms with van der Waals surface area (Å²) >= 11 is 1.41. The average molecular weight is 415 g/mol. The number of anilines is 1. The Balaban J connectivity index is 1.64. The molecule has 0 fully saturated rings. The lowest BCUT2D eigenvalue weighted by Crippen LogP contribution is -2.21. The second kappa shape index (κ2) is 6.99. The van der Waals surface area contributed by atoms with Crippen molar-refractivity contribution < 1.29 is 13.2 Å². The zero-order valence-electron chi connectivity index (χ0n) is 15.3. The van der Waals surface area contributed by atoms with E-state index in [-0.39, 0.29) is 18.2 Å². The summed E-state index contributed by atoms with van der Waals surface area (Å²) in [6.45, 7) is 1.93. The number of rotatable bonds is 5. The number of fused-ring (bicyclic) bond motifs is 2. The van der Waals surface area contributed by atoms with Crippen LogP contribution in [-0.2, 0) is 26.9 Å². The lowest BCUT2D eigenvalue weighted by Gasteiger charge is -2.08. The molecule has 0 bridgehead atoms. The van der Waals surface area contributed by atoms with Crippen molar-refractivity contribution in [1.82, 2.24) is 14.5 Å². The smallest absolute Gasteiger partial charge is 0.246 e. The molecule has 1 amide bonds. The molecule has 9 heteroatoms. The minimum absolute atomic E-state index is 0.0414. The van der Waals surface area contributed by atoms with E-state index in [0.29, 0.717) is 16.5 Å². The Labute approximate surface area is 166 Å². The summed E-state index contributed by atoms with van der Waals surface area (Å²) in [4.78, 5) is 21.5. The number of benzene rings is 2. The van der Waals surface area contributed by atoms with E-state index in [4.69, 9.17) is 0 Å². The second-order valence-electron chi connectivity index (χ2n) is 6.66. The number of para-hydroxylation sites is 3. The first kappa shape index (κ1) is 18.6. The van der Waals surface area contributed by atoms with Crippen LogP contribution in [0.3, 0.4) is 0 Å². The third-order valence-corrected chi connectivity index (χ3v) is 6.01. The van der Waals surface area contributed by atoms with Gasteiger partial charge < -0.3 is 9.88 Å². The molecule has 0 aliphatic heterocycles. The summed E-state index contributed by atoms with van der Waals surface area (Å²) in [5.74, 6) is -0.163. The summed E-state index contributed by atoms with van der Waals surface area (Å²) in [6, 6.07) is 13.2. The van der Waals surface area contributed by atoms with Crippen molar-refractivity contribution in [1.29, 1.82) is 0 Å². The molecule has 0 aliphatic carbocycles. The second-order valence-corrected chi connectivity index (χ2v) is 9.83. The molecular formula is C19H18N4O3S2. The maximum Gasteiger partial charge on any atom is 0.246 e. The molecule has 0 atom stereocenters. The molecule has 0 saturated carbocycles. The number of sulfone groups is 1. The van der Waals surface area contributed by atoms with Gasteiger partial charge in [-0.1, -0.05) is 35.6 Å². The van der Waals surface area contributed by atoms with E-state index < -0.39 is 9.84 Å². The molecule has 0 aliphatic rings. The largest absolute Gasteiger partial charge is 0.318 e. The molecular weight excluding hydrogens is 396 g/mol. The van der Waals surface area contributed by atoms with E-state index >= 15 is 0 Å². The average Bonchev–Trinajstić information content (AvgIpc) is 3.16. The summed E-state index contributed by atoms with van der Waals surface area (Å²) in [7, 11) is -3.29. The Morgan fingerprint density at radius 1 is 1.14 bits per heavy atom. The maximum atomic E-state index is 12.7. The van der Waals surface area contributed by atoms with Crippen LogP contribution in [0.2, 0.25) is 0 Å². The fourth-order valence-corrected chi connectivity index (χ4v) is 4.74. The van der Waals surface area contributed by atoms with Gasteiger partial charge in [0.05, 0.1) is 21.3 Å². The van der Waals surface area contributed by atoms with Gasteiger partial charge in [-0.2, -0.15) is 0 Å². The van der Waals surface area contributed by atoms with Gasteiger partial charge in [-0.15, -0.1) is 0 Å². The Kier molecular flexibility index (Phi) is 4.64. The van der Waals surface area contributed by atoms with Gasteiger partial charge in [-0.25, -0.2) is 18.4 Å². The molecule has 1 N–H and O–H groups in total. The number of carbonyl (C=O) groups is 1. The SMILES string of the molecule is Cc1cccc2sc(NC(=O)Cn3c(CS(C)(=O)=O)nc4ccccc43)nc12. The van der Waals surface area contributed by atoms with Crippen molar-refractivity contribution in [2.75, 3.05) is 11.6 Å². The number of amides is 1. The number of imidazole rings is 1. The predicted octanol–water partition coefficient (Wildman–Crippen LogP) is 3.14. The van der Waals surface area contributed by atoms with Crippen LogP contribution in [0, 0.1) is 6.92 Å². The minimum atomic E-state index is -3.29. The molecule has 4 aromatic rings. The third kappa shape index (κ3) is 3.76. The van der Waals surface area contributed by atoms with Crippen molar-refractivity contribution >= 4 is 53.5 Å². The van der Waals surface area contributed by atoms with Gasteiger partial charge in [0.15, 0.2) is 15.0 Å². The molecule has 4 rings (SSSR count). The summed E-state index contributed by atoms with van der Waals surface area (Å²) in [5.41, 5.74) is 3.29. The van der Waals surface area contributed by atoms with E-state index in [2.05, 4.69) is 15.3 Å². The topological polar surface area (TPSA) is 94.0 Å². The first-order valence-electron chi connectivity index (χ1n) is 8.58. The van der Waals surface area contributed by atoms with Crippen LogP contribution in [0.25, 0.3) is 21.3 Å². The molecule has 7 nitrogen and oxygen atoms in total. The Morgan fingerprint density at radius 2 is 1.93 bits per heavy atom. The zero-order chi connectivity index (χ0) is 19.9. The number of nitrogens with one attached hydrogen (secondary N) is 1. The number of aryl methyl sites for hydroxylation is 1. The van der Waals surface area contributed by atoms with E-state index in [9.17, 15) is 13.2 Å². The standard InChI is InChI=1S/C19H18N4O3S2/c1-12-6-5-9-15-18(12)22-19(27-15)21-17(24)10-23-14-8-4-3-7-13(14)20-16(23)11-28(2,25)26/h3-9H,10-11H2,1-2H3,(H,21,22,24). The van der Waals surface area contributed by atoms with Crippen molar-refractivity contribution in [3.63, 3.8) is 0 Å². The first-order valence-corrected chi connectivity index (χ1v) is 11.5. The summed E-state index contributed by atoms with van der Waals surface area (Å²) in [6.07, 6.45) is 1.15. The van der Waals surface area contributed by atoms with Gasteiger partial charge in [0.2, 0.25) is 5.91 Å². The molecule has 0 radical (unpaired) electrons. The van der Waals surface area contributed by atoms with Gasteiger partial charge in [0.1, 0.15) is 18.1 Å². The van der Waals surface area contributed by atoms with Crippen LogP contribution in [-0.4, -0.2) is 35.1 Å². The summed E-state index contributed by atoms with van der Waals surface area (Å²) in [5, 5.41) is 3.34.